The second kappa shape index (κ2) is 10.1. The van der Waals surface area contributed by atoms with Gasteiger partial charge in [0.05, 0.1) is 6.61 Å². The molecule has 0 spiro atoms. The van der Waals surface area contributed by atoms with Crippen molar-refractivity contribution < 1.29 is 28.6 Å². The van der Waals surface area contributed by atoms with Crippen LogP contribution in [0.3, 0.4) is 0 Å². The highest BCUT2D eigenvalue weighted by Gasteiger charge is 2.15. The van der Waals surface area contributed by atoms with Crippen LogP contribution < -0.4 is 4.74 Å². The summed E-state index contributed by atoms with van der Waals surface area (Å²) in [4.78, 5) is 4.24. The van der Waals surface area contributed by atoms with Crippen LogP contribution in [0.15, 0.2) is 65.3 Å². The lowest BCUT2D eigenvalue weighted by molar-refractivity contribution is 0.196. The number of hydrogen-bond donors (Lipinski definition) is 2. The summed E-state index contributed by atoms with van der Waals surface area (Å²) >= 11 is 0. The number of aliphatic hydroxyl groups is 2. The van der Waals surface area contributed by atoms with Gasteiger partial charge in [0.15, 0.2) is 23.1 Å². The molecule has 0 aliphatic carbocycles. The van der Waals surface area contributed by atoms with Gasteiger partial charge in [0.2, 0.25) is 5.82 Å². The third kappa shape index (κ3) is 5.97. The molecule has 0 saturated carbocycles. The lowest BCUT2D eigenvalue weighted by Gasteiger charge is -2.07. The molecule has 0 saturated heterocycles. The van der Waals surface area contributed by atoms with Crippen LogP contribution in [0.1, 0.15) is 26.2 Å². The van der Waals surface area contributed by atoms with Crippen LogP contribution in [0.5, 0.6) is 5.75 Å². The van der Waals surface area contributed by atoms with Gasteiger partial charge in [-0.2, -0.15) is 4.98 Å². The molecule has 1 aromatic carbocycles. The van der Waals surface area contributed by atoms with Gasteiger partial charge in [0.25, 0.3) is 5.89 Å². The molecular weight excluding hydrogens is 379 g/mol. The zero-order valence-electron chi connectivity index (χ0n) is 16.3. The summed E-state index contributed by atoms with van der Waals surface area (Å²) in [5.74, 6) is -0.642. The molecule has 154 valence electrons. The molecule has 2 aromatic rings. The van der Waals surface area contributed by atoms with Crippen LogP contribution in [-0.2, 0) is 4.74 Å². The second-order valence-corrected chi connectivity index (χ2v) is 5.97. The van der Waals surface area contributed by atoms with Crippen molar-refractivity contribution in [1.29, 1.82) is 0 Å². The molecule has 0 radical (unpaired) electrons. The molecule has 0 bridgehead atoms. The Morgan fingerprint density at radius 1 is 1.31 bits per heavy atom. The van der Waals surface area contributed by atoms with Crippen molar-refractivity contribution in [3.8, 4) is 17.1 Å². The van der Waals surface area contributed by atoms with E-state index in [0.29, 0.717) is 17.7 Å². The van der Waals surface area contributed by atoms with Gasteiger partial charge in [-0.05, 0) is 37.6 Å². The zero-order chi connectivity index (χ0) is 21.4. The van der Waals surface area contributed by atoms with Crippen LogP contribution in [-0.4, -0.2) is 33.6 Å². The van der Waals surface area contributed by atoms with Gasteiger partial charge < -0.3 is 24.2 Å². The van der Waals surface area contributed by atoms with Gasteiger partial charge in [0.1, 0.15) is 12.4 Å². The smallest absolute Gasteiger partial charge is 0.258 e. The van der Waals surface area contributed by atoms with Crippen molar-refractivity contribution in [2.24, 2.45) is 0 Å². The first-order valence-electron chi connectivity index (χ1n) is 8.88. The molecule has 0 atom stereocenters. The van der Waals surface area contributed by atoms with E-state index in [0.717, 1.165) is 6.42 Å². The van der Waals surface area contributed by atoms with E-state index in [-0.39, 0.29) is 41.3 Å². The SMILES string of the molecule is C=C(O)COc1ccc(-c2noc(C(/C=C(/O)C(=C)OCCC)=C/C)n2)cc1F. The van der Waals surface area contributed by atoms with Crippen molar-refractivity contribution >= 4 is 5.57 Å². The molecule has 0 amide bonds. The van der Waals surface area contributed by atoms with E-state index in [1.165, 1.54) is 18.2 Å². The predicted octanol–water partition coefficient (Wildman–Crippen LogP) is 5.11. The molecule has 8 heteroatoms. The molecule has 2 N–H and O–H groups in total. The number of allylic oxidation sites excluding steroid dienone is 3. The average Bonchev–Trinajstić information content (AvgIpc) is 3.18. The summed E-state index contributed by atoms with van der Waals surface area (Å²) in [7, 11) is 0. The molecule has 0 aliphatic rings. The first-order valence-corrected chi connectivity index (χ1v) is 8.88. The number of aliphatic hydroxyl groups excluding tert-OH is 2. The first-order chi connectivity index (χ1) is 13.8. The topological polar surface area (TPSA) is 97.8 Å². The number of nitrogens with zero attached hydrogens (tertiary/aromatic N) is 2. The Bertz CT molecular complexity index is 946. The zero-order valence-corrected chi connectivity index (χ0v) is 16.3. The van der Waals surface area contributed by atoms with Crippen molar-refractivity contribution in [1.82, 2.24) is 10.1 Å². The normalized spacial score (nSPS) is 12.0. The summed E-state index contributed by atoms with van der Waals surface area (Å²) < 4.78 is 29.8. The lowest BCUT2D eigenvalue weighted by atomic mass is 10.2. The standard InChI is InChI=1S/C21H23FN2O5/c1-5-9-27-14(4)18(26)11-15(6-2)21-23-20(24-29-21)16-7-8-19(17(22)10-16)28-12-13(3)25/h6-8,10-11,25-26H,3-5,9,12H2,1-2H3/b15-6+,18-11+. The van der Waals surface area contributed by atoms with Crippen LogP contribution in [0.2, 0.25) is 0 Å². The van der Waals surface area contributed by atoms with Gasteiger partial charge in [-0.15, -0.1) is 0 Å². The largest absolute Gasteiger partial charge is 0.509 e. The van der Waals surface area contributed by atoms with Crippen LogP contribution in [0.4, 0.5) is 4.39 Å². The van der Waals surface area contributed by atoms with E-state index in [1.807, 2.05) is 6.92 Å². The second-order valence-electron chi connectivity index (χ2n) is 5.97. The number of aromatic nitrogens is 2. The molecule has 2 rings (SSSR count). The molecule has 0 aliphatic heterocycles. The lowest BCUT2D eigenvalue weighted by Crippen LogP contribution is -2.01. The van der Waals surface area contributed by atoms with E-state index in [4.69, 9.17) is 19.1 Å². The number of rotatable bonds is 10. The third-order valence-electron chi connectivity index (χ3n) is 3.63. The van der Waals surface area contributed by atoms with Gasteiger partial charge in [-0.3, -0.25) is 0 Å². The van der Waals surface area contributed by atoms with Crippen LogP contribution in [0, 0.1) is 5.82 Å². The maximum absolute atomic E-state index is 14.2. The maximum Gasteiger partial charge on any atom is 0.258 e. The average molecular weight is 402 g/mol. The summed E-state index contributed by atoms with van der Waals surface area (Å²) in [6.07, 6.45) is 3.85. The summed E-state index contributed by atoms with van der Waals surface area (Å²) in [5.41, 5.74) is 0.816. The van der Waals surface area contributed by atoms with Crippen LogP contribution >= 0.6 is 0 Å². The van der Waals surface area contributed by atoms with E-state index in [1.54, 1.807) is 19.1 Å². The molecule has 0 unspecified atom stereocenters. The van der Waals surface area contributed by atoms with Gasteiger partial charge >= 0.3 is 0 Å². The molecule has 29 heavy (non-hydrogen) atoms. The third-order valence-corrected chi connectivity index (χ3v) is 3.63. The quantitative estimate of drug-likeness (QED) is 0.421. The molecular formula is C21H23FN2O5. The highest BCUT2D eigenvalue weighted by Crippen LogP contribution is 2.26. The van der Waals surface area contributed by atoms with Gasteiger partial charge in [-0.25, -0.2) is 4.39 Å². The fraction of sp³-hybridized carbons (Fsp3) is 0.238. The van der Waals surface area contributed by atoms with Crippen LogP contribution in [0.25, 0.3) is 17.0 Å². The van der Waals surface area contributed by atoms with Crippen molar-refractivity contribution in [2.45, 2.75) is 20.3 Å². The molecule has 1 aromatic heterocycles. The van der Waals surface area contributed by atoms with Crippen molar-refractivity contribution in [3.05, 3.63) is 72.5 Å². The Kier molecular flexibility index (Phi) is 7.59. The Balaban J connectivity index is 2.20. The Morgan fingerprint density at radius 3 is 2.69 bits per heavy atom. The Labute approximate surface area is 168 Å². The molecule has 0 fully saturated rings. The van der Waals surface area contributed by atoms with E-state index in [2.05, 4.69) is 23.3 Å². The van der Waals surface area contributed by atoms with Crippen molar-refractivity contribution in [3.63, 3.8) is 0 Å². The highest BCUT2D eigenvalue weighted by molar-refractivity contribution is 5.70. The number of hydrogen-bond acceptors (Lipinski definition) is 7. The minimum absolute atomic E-state index is 0.0414. The van der Waals surface area contributed by atoms with E-state index >= 15 is 0 Å². The van der Waals surface area contributed by atoms with E-state index in [9.17, 15) is 9.50 Å². The van der Waals surface area contributed by atoms with Gasteiger partial charge in [-0.1, -0.05) is 31.3 Å². The summed E-state index contributed by atoms with van der Waals surface area (Å²) in [6.45, 7) is 10.8. The van der Waals surface area contributed by atoms with E-state index < -0.39 is 5.82 Å². The first kappa shape index (κ1) is 21.7. The molecule has 7 nitrogen and oxygen atoms in total. The monoisotopic (exact) mass is 402 g/mol. The Morgan fingerprint density at radius 2 is 2.07 bits per heavy atom. The van der Waals surface area contributed by atoms with Crippen molar-refractivity contribution in [2.75, 3.05) is 13.2 Å². The fourth-order valence-electron chi connectivity index (χ4n) is 2.17. The Hall–Kier alpha value is -3.55. The minimum Gasteiger partial charge on any atom is -0.509 e. The minimum atomic E-state index is -0.650. The molecule has 1 heterocycles. The predicted molar refractivity (Wildman–Crippen MR) is 107 cm³/mol. The summed E-state index contributed by atoms with van der Waals surface area (Å²) in [5, 5.41) is 23.0. The number of benzene rings is 1. The number of halogens is 1. The van der Waals surface area contributed by atoms with Gasteiger partial charge in [0, 0.05) is 11.1 Å². The highest BCUT2D eigenvalue weighted by atomic mass is 19.1. The maximum atomic E-state index is 14.2. The fourth-order valence-corrected chi connectivity index (χ4v) is 2.17. The number of ether oxygens (including phenoxy) is 2. The summed E-state index contributed by atoms with van der Waals surface area (Å²) in [6, 6.07) is 4.13.